The molecule has 2 N–H and O–H groups in total. The van der Waals surface area contributed by atoms with Gasteiger partial charge in [0.1, 0.15) is 17.2 Å². The number of benzene rings is 4. The van der Waals surface area contributed by atoms with Crippen molar-refractivity contribution in [2.24, 2.45) is 11.7 Å². The molecule has 226 valence electrons. The van der Waals surface area contributed by atoms with Crippen molar-refractivity contribution in [1.82, 2.24) is 19.0 Å². The summed E-state index contributed by atoms with van der Waals surface area (Å²) in [7, 11) is 0. The number of amides is 1. The number of primary amides is 1. The van der Waals surface area contributed by atoms with E-state index in [1.807, 2.05) is 71.8 Å². The van der Waals surface area contributed by atoms with E-state index >= 15 is 0 Å². The molecule has 7 rings (SSSR count). The third-order valence-electron chi connectivity index (χ3n) is 8.85. The predicted molar refractivity (Wildman–Crippen MR) is 178 cm³/mol. The van der Waals surface area contributed by atoms with E-state index in [1.165, 1.54) is 10.9 Å². The molecule has 0 atom stereocenters. The maximum atomic E-state index is 12.5. The number of nitrogens with two attached hydrogens (primary N) is 1. The Balaban J connectivity index is 0.975. The smallest absolute Gasteiger partial charge is 0.265 e. The van der Waals surface area contributed by atoms with Crippen LogP contribution in [0.15, 0.2) is 122 Å². The monoisotopic (exact) mass is 595 g/mol. The molecule has 6 aromatic rings. The van der Waals surface area contributed by atoms with E-state index in [-0.39, 0.29) is 0 Å². The molecule has 0 bridgehead atoms. The molecule has 1 aliphatic heterocycles. The van der Waals surface area contributed by atoms with Crippen molar-refractivity contribution < 1.29 is 9.53 Å². The third kappa shape index (κ3) is 6.54. The fraction of sp³-hybridized carbons (Fsp3) is 0.211. The second-order valence-electron chi connectivity index (χ2n) is 11.9. The Morgan fingerprint density at radius 1 is 0.822 bits per heavy atom. The van der Waals surface area contributed by atoms with E-state index in [2.05, 4.69) is 69.0 Å². The highest BCUT2D eigenvalue weighted by molar-refractivity contribution is 5.99. The fourth-order valence-corrected chi connectivity index (χ4v) is 6.44. The van der Waals surface area contributed by atoms with E-state index in [9.17, 15) is 4.79 Å². The van der Waals surface area contributed by atoms with Crippen molar-refractivity contribution in [3.8, 4) is 22.6 Å². The number of likely N-dealkylation sites (tertiary alicyclic amines) is 1. The first kappa shape index (κ1) is 28.6. The predicted octanol–water partition coefficient (Wildman–Crippen LogP) is 7.36. The Labute approximate surface area is 263 Å². The lowest BCUT2D eigenvalue weighted by atomic mass is 9.96. The summed E-state index contributed by atoms with van der Waals surface area (Å²) in [4.78, 5) is 19.5. The molecule has 0 aliphatic carbocycles. The van der Waals surface area contributed by atoms with Gasteiger partial charge >= 0.3 is 0 Å². The van der Waals surface area contributed by atoms with Gasteiger partial charge in [-0.15, -0.1) is 0 Å². The van der Waals surface area contributed by atoms with Crippen LogP contribution in [-0.4, -0.2) is 38.0 Å². The molecule has 1 amide bonds. The molecule has 0 unspecified atom stereocenters. The molecular formula is C38H37N5O2. The molecule has 1 aliphatic rings. The van der Waals surface area contributed by atoms with Gasteiger partial charge in [0.25, 0.3) is 5.91 Å². The van der Waals surface area contributed by atoms with Crippen LogP contribution in [0.1, 0.15) is 34.6 Å². The maximum absolute atomic E-state index is 12.5. The van der Waals surface area contributed by atoms with Gasteiger partial charge in [-0.25, -0.2) is 4.98 Å². The summed E-state index contributed by atoms with van der Waals surface area (Å²) < 4.78 is 10.2. The van der Waals surface area contributed by atoms with E-state index in [4.69, 9.17) is 10.5 Å². The topological polar surface area (TPSA) is 78.3 Å². The van der Waals surface area contributed by atoms with Crippen LogP contribution in [0.25, 0.3) is 21.9 Å². The molecule has 2 aromatic heterocycles. The van der Waals surface area contributed by atoms with Crippen LogP contribution < -0.4 is 10.5 Å². The Hall–Kier alpha value is -5.14. The molecule has 0 saturated carbocycles. The number of para-hydroxylation sites is 1. The first-order chi connectivity index (χ1) is 22.1. The van der Waals surface area contributed by atoms with Crippen LogP contribution >= 0.6 is 0 Å². The minimum Gasteiger partial charge on any atom is -0.457 e. The second-order valence-corrected chi connectivity index (χ2v) is 11.9. The number of carbonyl (C=O) groups excluding carboxylic acids is 1. The largest absolute Gasteiger partial charge is 0.457 e. The number of carbonyl (C=O) groups is 1. The quantitative estimate of drug-likeness (QED) is 0.180. The van der Waals surface area contributed by atoms with Crippen molar-refractivity contribution in [3.05, 3.63) is 139 Å². The number of aromatic nitrogens is 3. The lowest BCUT2D eigenvalue weighted by Gasteiger charge is -2.32. The maximum Gasteiger partial charge on any atom is 0.265 e. The van der Waals surface area contributed by atoms with Crippen LogP contribution in [-0.2, 0) is 19.6 Å². The molecule has 0 spiro atoms. The first-order valence-corrected chi connectivity index (χ1v) is 15.6. The summed E-state index contributed by atoms with van der Waals surface area (Å²) in [6.07, 6.45) is 8.13. The van der Waals surface area contributed by atoms with Crippen molar-refractivity contribution in [2.75, 3.05) is 13.1 Å². The van der Waals surface area contributed by atoms with Gasteiger partial charge < -0.3 is 19.6 Å². The van der Waals surface area contributed by atoms with E-state index in [0.29, 0.717) is 18.2 Å². The summed E-state index contributed by atoms with van der Waals surface area (Å²) in [5, 5.41) is 2.32. The molecule has 0 radical (unpaired) electrons. The van der Waals surface area contributed by atoms with Crippen molar-refractivity contribution in [1.29, 1.82) is 0 Å². The molecule has 4 aromatic carbocycles. The summed E-state index contributed by atoms with van der Waals surface area (Å²) in [5.74, 6) is 1.84. The number of nitrogens with zero attached hydrogens (tertiary/aromatic N) is 4. The van der Waals surface area contributed by atoms with E-state index < -0.39 is 5.91 Å². The van der Waals surface area contributed by atoms with Crippen LogP contribution in [0.5, 0.6) is 11.5 Å². The Morgan fingerprint density at radius 3 is 2.36 bits per heavy atom. The van der Waals surface area contributed by atoms with Crippen LogP contribution in [0.4, 0.5) is 0 Å². The Bertz CT molecular complexity index is 1890. The molecule has 1 fully saturated rings. The highest BCUT2D eigenvalue weighted by Gasteiger charge is 2.21. The average Bonchev–Trinajstić information content (AvgIpc) is 3.70. The van der Waals surface area contributed by atoms with Gasteiger partial charge in [-0.1, -0.05) is 72.8 Å². The lowest BCUT2D eigenvalue weighted by Crippen LogP contribution is -2.34. The normalized spacial score (nSPS) is 14.1. The van der Waals surface area contributed by atoms with Gasteiger partial charge in [-0.05, 0) is 84.1 Å². The van der Waals surface area contributed by atoms with Gasteiger partial charge in [0.15, 0.2) is 0 Å². The zero-order chi connectivity index (χ0) is 30.6. The van der Waals surface area contributed by atoms with Crippen molar-refractivity contribution in [2.45, 2.75) is 32.5 Å². The first-order valence-electron chi connectivity index (χ1n) is 15.6. The summed E-state index contributed by atoms with van der Waals surface area (Å²) in [6, 6.07) is 34.8. The second kappa shape index (κ2) is 12.8. The van der Waals surface area contributed by atoms with Crippen LogP contribution in [0.2, 0.25) is 0 Å². The standard InChI is InChI=1S/C38H37N5O2/c39-38(44)37-21-31(36-12-6-8-30-7-4-5-11-35(30)36)25-42(37)26-32-22-40-27-43(32)24-29-17-19-41(20-18-29)23-28-13-15-34(16-14-28)45-33-9-2-1-3-10-33/h1-16,21-22,25,27,29H,17-20,23-24,26H2,(H2,39,44). The summed E-state index contributed by atoms with van der Waals surface area (Å²) >= 11 is 0. The molecule has 45 heavy (non-hydrogen) atoms. The van der Waals surface area contributed by atoms with Crippen molar-refractivity contribution in [3.63, 3.8) is 0 Å². The number of hydrogen-bond acceptors (Lipinski definition) is 4. The van der Waals surface area contributed by atoms with Gasteiger partial charge in [-0.3, -0.25) is 9.69 Å². The molecule has 3 heterocycles. The number of hydrogen-bond donors (Lipinski definition) is 1. The summed E-state index contributed by atoms with van der Waals surface area (Å²) in [5.41, 5.74) is 10.8. The number of piperidine rings is 1. The van der Waals surface area contributed by atoms with Gasteiger partial charge in [0.2, 0.25) is 0 Å². The Kier molecular flexibility index (Phi) is 8.17. The van der Waals surface area contributed by atoms with Crippen molar-refractivity contribution >= 4 is 16.7 Å². The highest BCUT2D eigenvalue weighted by atomic mass is 16.5. The highest BCUT2D eigenvalue weighted by Crippen LogP contribution is 2.31. The fourth-order valence-electron chi connectivity index (χ4n) is 6.44. The SMILES string of the molecule is NC(=O)c1cc(-c2cccc3ccccc23)cn1Cc1cncn1CC1CCN(Cc2ccc(Oc3ccccc3)cc2)CC1. The van der Waals surface area contributed by atoms with Gasteiger partial charge in [0.05, 0.1) is 18.6 Å². The average molecular weight is 596 g/mol. The summed E-state index contributed by atoms with van der Waals surface area (Å²) in [6.45, 7) is 4.52. The number of imidazole rings is 1. The van der Waals surface area contributed by atoms with E-state index in [0.717, 1.165) is 72.7 Å². The number of ether oxygens (including phenoxy) is 1. The van der Waals surface area contributed by atoms with Crippen LogP contribution in [0, 0.1) is 5.92 Å². The molecule has 1 saturated heterocycles. The van der Waals surface area contributed by atoms with Crippen LogP contribution in [0.3, 0.4) is 0 Å². The third-order valence-corrected chi connectivity index (χ3v) is 8.85. The van der Waals surface area contributed by atoms with E-state index in [1.54, 1.807) is 0 Å². The Morgan fingerprint density at radius 2 is 1.56 bits per heavy atom. The zero-order valence-corrected chi connectivity index (χ0v) is 25.3. The minimum absolute atomic E-state index is 0.432. The number of rotatable bonds is 10. The molecular weight excluding hydrogens is 558 g/mol. The molecule has 7 heteroatoms. The van der Waals surface area contributed by atoms with Gasteiger partial charge in [-0.2, -0.15) is 0 Å². The lowest BCUT2D eigenvalue weighted by molar-refractivity contribution is 0.0992. The molecule has 7 nitrogen and oxygen atoms in total. The minimum atomic E-state index is -0.432. The van der Waals surface area contributed by atoms with Gasteiger partial charge in [0, 0.05) is 31.0 Å². The zero-order valence-electron chi connectivity index (χ0n) is 25.3. The number of fused-ring (bicyclic) bond motifs is 1.